The van der Waals surface area contributed by atoms with Crippen LogP contribution < -0.4 is 0 Å². The quantitative estimate of drug-likeness (QED) is 0.382. The van der Waals surface area contributed by atoms with E-state index in [0.717, 1.165) is 55.4 Å². The van der Waals surface area contributed by atoms with Crippen LogP contribution in [0.15, 0.2) is 11.1 Å². The second-order valence-corrected chi connectivity index (χ2v) is 13.8. The minimum Gasteiger partial charge on any atom is -0.393 e. The normalized spacial score (nSPS) is 52.3. The van der Waals surface area contributed by atoms with Gasteiger partial charge in [-0.25, -0.2) is 0 Å². The molecule has 5 fully saturated rings. The lowest BCUT2D eigenvalue weighted by Crippen LogP contribution is -2.49. The maximum atomic E-state index is 10.3. The molecule has 33 heavy (non-hydrogen) atoms. The van der Waals surface area contributed by atoms with Gasteiger partial charge >= 0.3 is 0 Å². The average molecular weight is 476 g/mol. The minimum atomic E-state index is -0.0450. The number of allylic oxidation sites excluding steroid dienone is 1. The van der Waals surface area contributed by atoms with Gasteiger partial charge in [0.1, 0.15) is 0 Å². The first-order valence-corrected chi connectivity index (χ1v) is 14.7. The summed E-state index contributed by atoms with van der Waals surface area (Å²) in [6.45, 7) is 9.64. The lowest BCUT2D eigenvalue weighted by atomic mass is 9.52. The van der Waals surface area contributed by atoms with E-state index in [1.807, 2.05) is 5.57 Å². The number of aliphatic hydroxyl groups is 1. The second-order valence-electron chi connectivity index (χ2n) is 13.4. The molecule has 0 radical (unpaired) electrons. The van der Waals surface area contributed by atoms with Crippen LogP contribution >= 0.6 is 11.6 Å². The fourth-order valence-corrected chi connectivity index (χ4v) is 10.3. The molecule has 1 N–H and O–H groups in total. The maximum Gasteiger partial charge on any atom is 0.0742 e. The van der Waals surface area contributed by atoms with Crippen LogP contribution in [-0.2, 0) is 4.74 Å². The molecule has 1 spiro atoms. The van der Waals surface area contributed by atoms with Crippen LogP contribution in [0, 0.1) is 35.0 Å². The van der Waals surface area contributed by atoms with Crippen LogP contribution in [-0.4, -0.2) is 52.8 Å². The number of halogens is 1. The smallest absolute Gasteiger partial charge is 0.0742 e. The number of aliphatic hydroxyl groups excluding tert-OH is 1. The van der Waals surface area contributed by atoms with Crippen LogP contribution in [0.4, 0.5) is 0 Å². The summed E-state index contributed by atoms with van der Waals surface area (Å²) in [7, 11) is 0. The number of rotatable bonds is 2. The Balaban J connectivity index is 1.24. The van der Waals surface area contributed by atoms with Crippen molar-refractivity contribution in [2.75, 3.05) is 19.0 Å². The van der Waals surface area contributed by atoms with Crippen molar-refractivity contribution >= 4 is 11.6 Å². The minimum absolute atomic E-state index is 0.0450. The molecule has 6 aliphatic rings. The van der Waals surface area contributed by atoms with Crippen LogP contribution in [0.2, 0.25) is 0 Å². The van der Waals surface area contributed by atoms with Gasteiger partial charge in [0, 0.05) is 25.0 Å². The fraction of sp³-hybridized carbons (Fsp3) is 0.931. The Morgan fingerprint density at radius 2 is 2.00 bits per heavy atom. The van der Waals surface area contributed by atoms with Gasteiger partial charge in [-0.05, 0) is 113 Å². The molecule has 0 aromatic heterocycles. The Morgan fingerprint density at radius 3 is 2.82 bits per heavy atom. The lowest BCUT2D eigenvalue weighted by molar-refractivity contribution is -0.0791. The van der Waals surface area contributed by atoms with Crippen LogP contribution in [0.3, 0.4) is 0 Å². The van der Waals surface area contributed by atoms with Crippen molar-refractivity contribution in [3.05, 3.63) is 11.1 Å². The Hall–Kier alpha value is -0.0900. The van der Waals surface area contributed by atoms with Crippen molar-refractivity contribution in [2.45, 2.75) is 115 Å². The third-order valence-corrected chi connectivity index (χ3v) is 11.8. The van der Waals surface area contributed by atoms with Gasteiger partial charge in [-0.15, -0.1) is 11.6 Å². The van der Waals surface area contributed by atoms with Gasteiger partial charge < -0.3 is 9.84 Å². The highest BCUT2D eigenvalue weighted by molar-refractivity contribution is 6.18. The first-order chi connectivity index (χ1) is 15.8. The fourth-order valence-electron chi connectivity index (χ4n) is 10.1. The van der Waals surface area contributed by atoms with Gasteiger partial charge in [-0.2, -0.15) is 0 Å². The highest BCUT2D eigenvalue weighted by atomic mass is 35.5. The van der Waals surface area contributed by atoms with Gasteiger partial charge in [0.25, 0.3) is 0 Å². The van der Waals surface area contributed by atoms with E-state index in [1.54, 1.807) is 5.57 Å². The molecule has 0 aromatic rings. The highest BCUT2D eigenvalue weighted by Crippen LogP contribution is 2.65. The lowest BCUT2D eigenvalue weighted by Gasteiger charge is -2.53. The molecule has 6 rings (SSSR count). The summed E-state index contributed by atoms with van der Waals surface area (Å²) in [4.78, 5) is 2.66. The molecule has 2 saturated heterocycles. The summed E-state index contributed by atoms with van der Waals surface area (Å²) >= 11 is 6.19. The van der Waals surface area contributed by atoms with E-state index in [0.29, 0.717) is 23.5 Å². The van der Waals surface area contributed by atoms with Crippen molar-refractivity contribution in [1.29, 1.82) is 0 Å². The summed E-state index contributed by atoms with van der Waals surface area (Å²) in [5.74, 6) is 4.70. The van der Waals surface area contributed by atoms with Crippen LogP contribution in [0.25, 0.3) is 0 Å². The molecule has 4 aliphatic carbocycles. The van der Waals surface area contributed by atoms with E-state index in [4.69, 9.17) is 16.3 Å². The number of likely N-dealkylation sites (tertiary alicyclic amines) is 1. The largest absolute Gasteiger partial charge is 0.393 e. The highest BCUT2D eigenvalue weighted by Gasteiger charge is 2.58. The summed E-state index contributed by atoms with van der Waals surface area (Å²) in [6, 6.07) is 0.575. The average Bonchev–Trinajstić information content (AvgIpc) is 3.28. The number of hydrogen-bond donors (Lipinski definition) is 1. The molecule has 0 bridgehead atoms. The molecule has 2 heterocycles. The maximum absolute atomic E-state index is 10.3. The Labute approximate surface area is 206 Å². The Bertz CT molecular complexity index is 798. The van der Waals surface area contributed by atoms with E-state index in [-0.39, 0.29) is 11.7 Å². The standard InChI is InChI=1S/C29H46ClNO2/c1-18-12-27-26(31(17-18)11-10-30)16-29(33-27)9-7-22-23-5-4-20-13-21(32)6-8-28(20,3)25(23)14-24(22)19(2)15-29/h18,20-23,25-27,32H,4-17H2,1-3H3/t18-,20?,21-,22-,23-,25-,26-,27+,28-,29-/m0/s1. The molecular formula is C29H46ClNO2. The zero-order chi connectivity index (χ0) is 23.0. The molecule has 2 aliphatic heterocycles. The molecule has 0 aromatic carbocycles. The van der Waals surface area contributed by atoms with Gasteiger partial charge in [0.05, 0.1) is 17.8 Å². The first-order valence-electron chi connectivity index (χ1n) is 14.2. The number of ether oxygens (including phenoxy) is 1. The van der Waals surface area contributed by atoms with Crippen molar-refractivity contribution in [3.63, 3.8) is 0 Å². The summed E-state index contributed by atoms with van der Waals surface area (Å²) in [6.07, 6.45) is 13.9. The van der Waals surface area contributed by atoms with Gasteiger partial charge in [-0.3, -0.25) is 4.90 Å². The zero-order valence-corrected chi connectivity index (χ0v) is 22.0. The second kappa shape index (κ2) is 8.49. The summed E-state index contributed by atoms with van der Waals surface area (Å²) < 4.78 is 7.06. The molecule has 3 nitrogen and oxygen atoms in total. The molecule has 186 valence electrons. The predicted octanol–water partition coefficient (Wildman–Crippen LogP) is 6.18. The molecule has 4 heteroatoms. The summed E-state index contributed by atoms with van der Waals surface area (Å²) in [5.41, 5.74) is 4.03. The van der Waals surface area contributed by atoms with Gasteiger partial charge in [0.15, 0.2) is 0 Å². The molecule has 0 amide bonds. The van der Waals surface area contributed by atoms with Crippen molar-refractivity contribution in [1.82, 2.24) is 4.90 Å². The van der Waals surface area contributed by atoms with E-state index < -0.39 is 0 Å². The number of hydrogen-bond acceptors (Lipinski definition) is 3. The Kier molecular flexibility index (Phi) is 6.00. The Morgan fingerprint density at radius 1 is 1.15 bits per heavy atom. The third kappa shape index (κ3) is 3.78. The first kappa shape index (κ1) is 23.3. The number of fused-ring (bicyclic) bond motifs is 6. The predicted molar refractivity (Wildman–Crippen MR) is 134 cm³/mol. The van der Waals surface area contributed by atoms with E-state index in [9.17, 15) is 5.11 Å². The molecule has 1 unspecified atom stereocenters. The number of alkyl halides is 1. The molecule has 3 saturated carbocycles. The number of piperidine rings is 1. The number of nitrogens with zero attached hydrogens (tertiary/aromatic N) is 1. The zero-order valence-electron chi connectivity index (χ0n) is 21.2. The van der Waals surface area contributed by atoms with E-state index in [2.05, 4.69) is 25.7 Å². The van der Waals surface area contributed by atoms with Crippen LogP contribution in [0.1, 0.15) is 91.4 Å². The van der Waals surface area contributed by atoms with Crippen molar-refractivity contribution < 1.29 is 9.84 Å². The topological polar surface area (TPSA) is 32.7 Å². The summed E-state index contributed by atoms with van der Waals surface area (Å²) in [5, 5.41) is 10.3. The van der Waals surface area contributed by atoms with Crippen molar-refractivity contribution in [3.8, 4) is 0 Å². The van der Waals surface area contributed by atoms with Gasteiger partial charge in [0.2, 0.25) is 0 Å². The van der Waals surface area contributed by atoms with Crippen molar-refractivity contribution in [2.24, 2.45) is 35.0 Å². The van der Waals surface area contributed by atoms with Crippen LogP contribution in [0.5, 0.6) is 0 Å². The third-order valence-electron chi connectivity index (χ3n) is 11.6. The monoisotopic (exact) mass is 475 g/mol. The molecular weight excluding hydrogens is 430 g/mol. The van der Waals surface area contributed by atoms with Gasteiger partial charge in [-0.1, -0.05) is 25.0 Å². The van der Waals surface area contributed by atoms with E-state index >= 15 is 0 Å². The molecule has 10 atom stereocenters. The van der Waals surface area contributed by atoms with E-state index in [1.165, 1.54) is 57.9 Å². The SMILES string of the molecule is CC1=C2C[C@H]3[C@@H](CCC4C[C@@H](O)CC[C@@]43C)[C@@H]2CC[C@]2(C1)C[C@H]1[C@@H](C[C@H](C)CN1CCCl)O2.